The molecule has 4 aromatic rings. The molecular weight excluding hydrogens is 354 g/mol. The summed E-state index contributed by atoms with van der Waals surface area (Å²) in [5, 5.41) is 4.17. The second-order valence-electron chi connectivity index (χ2n) is 5.71. The standard InChI is InChI=1S/C17H15N7O.ClH/c1-24-8-10(7-21-24)9-5-12(15(18)20-6-9)17-22-13-4-2-3-11(16(19)25)14(13)23-17;/h2-8H,1H3,(H2,18,20)(H2,19,25)(H,22,23);1H. The third-order valence-electron chi connectivity index (χ3n) is 3.99. The number of fused-ring (bicyclic) bond motifs is 1. The molecule has 5 N–H and O–H groups in total. The maximum absolute atomic E-state index is 11.6. The van der Waals surface area contributed by atoms with Gasteiger partial charge in [-0.1, -0.05) is 6.07 Å². The number of amides is 1. The van der Waals surface area contributed by atoms with Crippen molar-refractivity contribution >= 4 is 35.2 Å². The van der Waals surface area contributed by atoms with E-state index >= 15 is 0 Å². The highest BCUT2D eigenvalue weighted by atomic mass is 35.5. The average molecular weight is 370 g/mol. The van der Waals surface area contributed by atoms with Gasteiger partial charge in [0.25, 0.3) is 5.91 Å². The number of para-hydroxylation sites is 1. The van der Waals surface area contributed by atoms with Gasteiger partial charge < -0.3 is 16.5 Å². The number of aromatic amines is 1. The first-order chi connectivity index (χ1) is 12.0. The Hall–Kier alpha value is -3.39. The Morgan fingerprint density at radius 3 is 2.73 bits per heavy atom. The number of rotatable bonds is 3. The molecule has 0 radical (unpaired) electrons. The van der Waals surface area contributed by atoms with Crippen LogP contribution in [0.1, 0.15) is 10.4 Å². The van der Waals surface area contributed by atoms with Crippen LogP contribution in [0.3, 0.4) is 0 Å². The number of halogens is 1. The van der Waals surface area contributed by atoms with Crippen LogP contribution in [-0.4, -0.2) is 30.6 Å². The summed E-state index contributed by atoms with van der Waals surface area (Å²) in [5.41, 5.74) is 15.5. The highest BCUT2D eigenvalue weighted by Gasteiger charge is 2.15. The van der Waals surface area contributed by atoms with Gasteiger partial charge in [-0.05, 0) is 18.2 Å². The number of carbonyl (C=O) groups excluding carboxylic acids is 1. The van der Waals surface area contributed by atoms with Gasteiger partial charge in [0.05, 0.1) is 22.8 Å². The monoisotopic (exact) mass is 369 g/mol. The lowest BCUT2D eigenvalue weighted by Gasteiger charge is -2.04. The number of imidazole rings is 1. The molecule has 0 saturated heterocycles. The molecule has 132 valence electrons. The first-order valence-electron chi connectivity index (χ1n) is 7.56. The van der Waals surface area contributed by atoms with Crippen molar-refractivity contribution in [1.29, 1.82) is 0 Å². The summed E-state index contributed by atoms with van der Waals surface area (Å²) in [5.74, 6) is 0.339. The zero-order valence-electron chi connectivity index (χ0n) is 13.8. The Balaban J connectivity index is 0.00000196. The smallest absolute Gasteiger partial charge is 0.250 e. The number of nitrogens with two attached hydrogens (primary N) is 2. The SMILES string of the molecule is Cl.Cn1cc(-c2cnc(N)c(-c3nc4c(C(N)=O)cccc4[nH]3)c2)cn1. The predicted molar refractivity (Wildman–Crippen MR) is 102 cm³/mol. The molecule has 1 amide bonds. The Bertz CT molecular complexity index is 1120. The number of pyridine rings is 1. The van der Waals surface area contributed by atoms with Gasteiger partial charge in [-0.15, -0.1) is 12.4 Å². The van der Waals surface area contributed by atoms with Crippen LogP contribution >= 0.6 is 12.4 Å². The number of carbonyl (C=O) groups is 1. The Morgan fingerprint density at radius 2 is 2.04 bits per heavy atom. The number of aromatic nitrogens is 5. The minimum atomic E-state index is -0.529. The number of H-pyrrole nitrogens is 1. The molecule has 0 unspecified atom stereocenters. The van der Waals surface area contributed by atoms with Gasteiger partial charge >= 0.3 is 0 Å². The van der Waals surface area contributed by atoms with Gasteiger partial charge in [-0.2, -0.15) is 5.10 Å². The minimum absolute atomic E-state index is 0. The highest BCUT2D eigenvalue weighted by molar-refractivity contribution is 6.04. The predicted octanol–water partition coefficient (Wildman–Crippen LogP) is 2.13. The molecule has 9 heteroatoms. The number of hydrogen-bond acceptors (Lipinski definition) is 5. The zero-order chi connectivity index (χ0) is 17.6. The van der Waals surface area contributed by atoms with Crippen molar-refractivity contribution in [2.75, 3.05) is 5.73 Å². The summed E-state index contributed by atoms with van der Waals surface area (Å²) < 4.78 is 1.71. The highest BCUT2D eigenvalue weighted by Crippen LogP contribution is 2.29. The van der Waals surface area contributed by atoms with Gasteiger partial charge in [0, 0.05) is 30.6 Å². The van der Waals surface area contributed by atoms with Crippen molar-refractivity contribution < 1.29 is 4.79 Å². The summed E-state index contributed by atoms with van der Waals surface area (Å²) in [7, 11) is 1.85. The molecule has 26 heavy (non-hydrogen) atoms. The van der Waals surface area contributed by atoms with Crippen molar-refractivity contribution in [3.63, 3.8) is 0 Å². The van der Waals surface area contributed by atoms with E-state index in [-0.39, 0.29) is 12.4 Å². The lowest BCUT2D eigenvalue weighted by Crippen LogP contribution is -2.11. The van der Waals surface area contributed by atoms with E-state index in [2.05, 4.69) is 20.1 Å². The van der Waals surface area contributed by atoms with Gasteiger partial charge in [-0.3, -0.25) is 9.48 Å². The molecule has 0 fully saturated rings. The van der Waals surface area contributed by atoms with Crippen LogP contribution in [0, 0.1) is 0 Å². The number of benzene rings is 1. The molecule has 0 saturated carbocycles. The topological polar surface area (TPSA) is 128 Å². The molecule has 0 aliphatic rings. The van der Waals surface area contributed by atoms with Crippen LogP contribution in [0.4, 0.5) is 5.82 Å². The molecule has 0 aliphatic heterocycles. The number of hydrogen-bond donors (Lipinski definition) is 3. The van der Waals surface area contributed by atoms with Crippen LogP contribution in [0.2, 0.25) is 0 Å². The maximum Gasteiger partial charge on any atom is 0.250 e. The molecule has 1 aromatic carbocycles. The van der Waals surface area contributed by atoms with E-state index in [1.54, 1.807) is 29.2 Å². The lowest BCUT2D eigenvalue weighted by atomic mass is 10.1. The molecule has 0 bridgehead atoms. The van der Waals surface area contributed by atoms with Crippen molar-refractivity contribution in [2.45, 2.75) is 0 Å². The van der Waals surface area contributed by atoms with E-state index < -0.39 is 5.91 Å². The summed E-state index contributed by atoms with van der Waals surface area (Å²) in [6, 6.07) is 7.11. The zero-order valence-corrected chi connectivity index (χ0v) is 14.6. The number of primary amides is 1. The first kappa shape index (κ1) is 17.4. The van der Waals surface area contributed by atoms with Crippen molar-refractivity contribution in [3.8, 4) is 22.5 Å². The number of nitrogens with one attached hydrogen (secondary N) is 1. The minimum Gasteiger partial charge on any atom is -0.383 e. The third-order valence-corrected chi connectivity index (χ3v) is 3.99. The van der Waals surface area contributed by atoms with Crippen LogP contribution in [0.25, 0.3) is 33.5 Å². The van der Waals surface area contributed by atoms with Gasteiger partial charge in [0.15, 0.2) is 0 Å². The van der Waals surface area contributed by atoms with Gasteiger partial charge in [0.1, 0.15) is 17.2 Å². The largest absolute Gasteiger partial charge is 0.383 e. The molecular formula is C17H16ClN7O. The van der Waals surface area contributed by atoms with E-state index in [0.717, 1.165) is 11.1 Å². The normalized spacial score (nSPS) is 10.7. The summed E-state index contributed by atoms with van der Waals surface area (Å²) in [6.07, 6.45) is 5.33. The fourth-order valence-corrected chi connectivity index (χ4v) is 2.75. The van der Waals surface area contributed by atoms with Crippen LogP contribution < -0.4 is 11.5 Å². The summed E-state index contributed by atoms with van der Waals surface area (Å²) in [4.78, 5) is 23.5. The summed E-state index contributed by atoms with van der Waals surface area (Å²) >= 11 is 0. The van der Waals surface area contributed by atoms with Gasteiger partial charge in [-0.25, -0.2) is 9.97 Å². The van der Waals surface area contributed by atoms with E-state index in [1.807, 2.05) is 25.4 Å². The maximum atomic E-state index is 11.6. The molecule has 3 heterocycles. The second-order valence-corrected chi connectivity index (χ2v) is 5.71. The lowest BCUT2D eigenvalue weighted by molar-refractivity contribution is 0.100. The fraction of sp³-hybridized carbons (Fsp3) is 0.0588. The third kappa shape index (κ3) is 2.86. The van der Waals surface area contributed by atoms with E-state index in [0.29, 0.717) is 33.8 Å². The van der Waals surface area contributed by atoms with E-state index in [9.17, 15) is 4.79 Å². The van der Waals surface area contributed by atoms with Crippen LogP contribution in [-0.2, 0) is 7.05 Å². The Kier molecular flexibility index (Phi) is 4.35. The number of anilines is 1. The number of nitrogens with zero attached hydrogens (tertiary/aromatic N) is 4. The van der Waals surface area contributed by atoms with Crippen molar-refractivity contribution in [2.24, 2.45) is 12.8 Å². The van der Waals surface area contributed by atoms with Crippen LogP contribution in [0.5, 0.6) is 0 Å². The quantitative estimate of drug-likeness (QED) is 0.509. The van der Waals surface area contributed by atoms with E-state index in [1.165, 1.54) is 0 Å². The van der Waals surface area contributed by atoms with Gasteiger partial charge in [0.2, 0.25) is 0 Å². The molecule has 3 aromatic heterocycles. The van der Waals surface area contributed by atoms with E-state index in [4.69, 9.17) is 11.5 Å². The number of aryl methyl sites for hydroxylation is 1. The number of nitrogen functional groups attached to an aromatic ring is 1. The summed E-state index contributed by atoms with van der Waals surface area (Å²) in [6.45, 7) is 0. The molecule has 0 aliphatic carbocycles. The molecule has 0 atom stereocenters. The molecule has 4 rings (SSSR count). The Labute approximate surface area is 154 Å². The van der Waals surface area contributed by atoms with Crippen molar-refractivity contribution in [3.05, 3.63) is 48.4 Å². The second kappa shape index (κ2) is 6.49. The molecule has 8 nitrogen and oxygen atoms in total. The Morgan fingerprint density at radius 1 is 1.23 bits per heavy atom. The van der Waals surface area contributed by atoms with Crippen molar-refractivity contribution in [1.82, 2.24) is 24.7 Å². The van der Waals surface area contributed by atoms with Crippen LogP contribution in [0.15, 0.2) is 42.9 Å². The first-order valence-corrected chi connectivity index (χ1v) is 7.56. The molecule has 0 spiro atoms. The fourth-order valence-electron chi connectivity index (χ4n) is 2.75. The average Bonchev–Trinajstić information content (AvgIpc) is 3.20.